The number of rotatable bonds is 4. The molecule has 114 valence electrons. The highest BCUT2D eigenvalue weighted by atomic mass is 16.6. The van der Waals surface area contributed by atoms with E-state index >= 15 is 0 Å². The van der Waals surface area contributed by atoms with Gasteiger partial charge >= 0.3 is 0 Å². The minimum atomic E-state index is 0.509. The minimum absolute atomic E-state index is 0.509. The van der Waals surface area contributed by atoms with E-state index in [4.69, 9.17) is 4.84 Å². The van der Waals surface area contributed by atoms with E-state index in [2.05, 4.69) is 10.5 Å². The molecule has 3 rings (SSSR count). The standard InChI is InChI=1S/C16H18N4O2/c1-19(2)13-7-4-11(5-8-13)16-17-14-9-6-12(18-22-3)10-15(14)20(16)21/h4-10,18,21H,1-3H3. The Morgan fingerprint density at radius 1 is 1.14 bits per heavy atom. The summed E-state index contributed by atoms with van der Waals surface area (Å²) >= 11 is 0. The fourth-order valence-corrected chi connectivity index (χ4v) is 2.34. The van der Waals surface area contributed by atoms with Crippen LogP contribution in [0.3, 0.4) is 0 Å². The van der Waals surface area contributed by atoms with Gasteiger partial charge < -0.3 is 10.1 Å². The average molecular weight is 298 g/mol. The summed E-state index contributed by atoms with van der Waals surface area (Å²) in [5.74, 6) is 0.509. The molecule has 0 aliphatic heterocycles. The van der Waals surface area contributed by atoms with Crippen LogP contribution < -0.4 is 10.4 Å². The van der Waals surface area contributed by atoms with Gasteiger partial charge in [0.25, 0.3) is 0 Å². The van der Waals surface area contributed by atoms with Crippen LogP contribution in [0.2, 0.25) is 0 Å². The van der Waals surface area contributed by atoms with Gasteiger partial charge in [0.1, 0.15) is 5.52 Å². The Kier molecular flexibility index (Phi) is 3.60. The largest absolute Gasteiger partial charge is 0.426 e. The summed E-state index contributed by atoms with van der Waals surface area (Å²) in [6, 6.07) is 13.3. The van der Waals surface area contributed by atoms with Crippen molar-refractivity contribution in [2.75, 3.05) is 31.6 Å². The quantitative estimate of drug-likeness (QED) is 0.573. The number of nitrogens with zero attached hydrogens (tertiary/aromatic N) is 3. The molecule has 0 fully saturated rings. The number of aromatic nitrogens is 2. The summed E-state index contributed by atoms with van der Waals surface area (Å²) < 4.78 is 1.10. The number of anilines is 2. The molecule has 6 heteroatoms. The average Bonchev–Trinajstić information content (AvgIpc) is 2.85. The van der Waals surface area contributed by atoms with Crippen LogP contribution in [0.4, 0.5) is 11.4 Å². The SMILES string of the molecule is CONc1ccc2nc(-c3ccc(N(C)C)cc3)n(O)c2c1. The second-order valence-corrected chi connectivity index (χ2v) is 5.20. The van der Waals surface area contributed by atoms with Gasteiger partial charge in [0.2, 0.25) is 0 Å². The third-order valence-corrected chi connectivity index (χ3v) is 3.49. The molecule has 0 saturated carbocycles. The van der Waals surface area contributed by atoms with Crippen molar-refractivity contribution in [1.82, 2.24) is 9.71 Å². The first-order valence-electron chi connectivity index (χ1n) is 6.88. The van der Waals surface area contributed by atoms with Crippen molar-refractivity contribution in [2.24, 2.45) is 0 Å². The molecule has 0 amide bonds. The highest BCUT2D eigenvalue weighted by Crippen LogP contribution is 2.26. The Morgan fingerprint density at radius 3 is 2.50 bits per heavy atom. The number of benzene rings is 2. The Morgan fingerprint density at radius 2 is 1.86 bits per heavy atom. The van der Waals surface area contributed by atoms with Crippen LogP contribution in [0, 0.1) is 0 Å². The molecule has 0 spiro atoms. The lowest BCUT2D eigenvalue weighted by atomic mass is 10.2. The molecule has 2 aromatic carbocycles. The first-order chi connectivity index (χ1) is 10.6. The topological polar surface area (TPSA) is 62.5 Å². The van der Waals surface area contributed by atoms with E-state index < -0.39 is 0 Å². The first kappa shape index (κ1) is 14.2. The van der Waals surface area contributed by atoms with Gasteiger partial charge in [-0.15, -0.1) is 0 Å². The van der Waals surface area contributed by atoms with E-state index in [1.54, 1.807) is 6.07 Å². The zero-order valence-electron chi connectivity index (χ0n) is 12.7. The van der Waals surface area contributed by atoms with Crippen LogP contribution in [0.25, 0.3) is 22.4 Å². The molecule has 0 aliphatic carbocycles. The van der Waals surface area contributed by atoms with E-state index in [1.165, 1.54) is 7.11 Å². The second kappa shape index (κ2) is 5.57. The van der Waals surface area contributed by atoms with Crippen molar-refractivity contribution in [1.29, 1.82) is 0 Å². The Balaban J connectivity index is 2.05. The number of fused-ring (bicyclic) bond motifs is 1. The molecule has 6 nitrogen and oxygen atoms in total. The van der Waals surface area contributed by atoms with E-state index in [-0.39, 0.29) is 0 Å². The summed E-state index contributed by atoms with van der Waals surface area (Å²) in [4.78, 5) is 11.4. The molecule has 0 bridgehead atoms. The number of hydrogen-bond acceptors (Lipinski definition) is 5. The maximum absolute atomic E-state index is 10.4. The molecule has 0 saturated heterocycles. The lowest BCUT2D eigenvalue weighted by molar-refractivity contribution is 0.203. The maximum Gasteiger partial charge on any atom is 0.176 e. The Hall–Kier alpha value is -2.73. The molecule has 3 aromatic rings. The van der Waals surface area contributed by atoms with Gasteiger partial charge in [-0.1, -0.05) is 0 Å². The fraction of sp³-hybridized carbons (Fsp3) is 0.188. The van der Waals surface area contributed by atoms with Crippen LogP contribution >= 0.6 is 0 Å². The molecule has 0 aliphatic rings. The van der Waals surface area contributed by atoms with Crippen molar-refractivity contribution in [3.8, 4) is 11.4 Å². The van der Waals surface area contributed by atoms with E-state index in [0.717, 1.165) is 27.2 Å². The predicted octanol–water partition coefficient (Wildman–Crippen LogP) is 2.98. The monoisotopic (exact) mass is 298 g/mol. The molecule has 0 atom stereocenters. The summed E-state index contributed by atoms with van der Waals surface area (Å²) in [5, 5.41) is 10.4. The molecule has 0 radical (unpaired) electrons. The van der Waals surface area contributed by atoms with Gasteiger partial charge in [-0.05, 0) is 42.5 Å². The molecule has 1 aromatic heterocycles. The fourth-order valence-electron chi connectivity index (χ4n) is 2.34. The Labute approximate surface area is 128 Å². The molecule has 0 unspecified atom stereocenters. The highest BCUT2D eigenvalue weighted by Gasteiger charge is 2.12. The minimum Gasteiger partial charge on any atom is -0.426 e. The first-order valence-corrected chi connectivity index (χ1v) is 6.88. The molecule has 1 heterocycles. The van der Waals surface area contributed by atoms with Crippen molar-refractivity contribution in [3.05, 3.63) is 42.5 Å². The van der Waals surface area contributed by atoms with Gasteiger partial charge in [-0.2, -0.15) is 4.73 Å². The van der Waals surface area contributed by atoms with Gasteiger partial charge in [-0.3, -0.25) is 10.3 Å². The third kappa shape index (κ3) is 2.44. The van der Waals surface area contributed by atoms with Crippen LogP contribution in [0.1, 0.15) is 0 Å². The van der Waals surface area contributed by atoms with E-state index in [1.807, 2.05) is 55.4 Å². The van der Waals surface area contributed by atoms with E-state index in [9.17, 15) is 5.21 Å². The van der Waals surface area contributed by atoms with Gasteiger partial charge in [-0.25, -0.2) is 4.98 Å². The lowest BCUT2D eigenvalue weighted by Crippen LogP contribution is -2.08. The smallest absolute Gasteiger partial charge is 0.176 e. The van der Waals surface area contributed by atoms with Crippen molar-refractivity contribution >= 4 is 22.4 Å². The number of nitrogens with one attached hydrogen (secondary N) is 1. The molecular formula is C16H18N4O2. The van der Waals surface area contributed by atoms with E-state index in [0.29, 0.717) is 11.3 Å². The summed E-state index contributed by atoms with van der Waals surface area (Å²) in [7, 11) is 5.51. The summed E-state index contributed by atoms with van der Waals surface area (Å²) in [6.07, 6.45) is 0. The van der Waals surface area contributed by atoms with Crippen LogP contribution in [-0.2, 0) is 4.84 Å². The highest BCUT2D eigenvalue weighted by molar-refractivity contribution is 5.83. The summed E-state index contributed by atoms with van der Waals surface area (Å²) in [5.41, 5.74) is 6.77. The van der Waals surface area contributed by atoms with Crippen molar-refractivity contribution in [2.45, 2.75) is 0 Å². The zero-order chi connectivity index (χ0) is 15.7. The molecular weight excluding hydrogens is 280 g/mol. The molecule has 2 N–H and O–H groups in total. The van der Waals surface area contributed by atoms with Crippen LogP contribution in [0.15, 0.2) is 42.5 Å². The van der Waals surface area contributed by atoms with Gasteiger partial charge in [0.05, 0.1) is 18.3 Å². The van der Waals surface area contributed by atoms with Crippen LogP contribution in [-0.4, -0.2) is 36.1 Å². The molecule has 22 heavy (non-hydrogen) atoms. The third-order valence-electron chi connectivity index (χ3n) is 3.49. The number of imidazole rings is 1. The second-order valence-electron chi connectivity index (χ2n) is 5.20. The number of hydrogen-bond donors (Lipinski definition) is 2. The Bertz CT molecular complexity index is 794. The van der Waals surface area contributed by atoms with Crippen LogP contribution in [0.5, 0.6) is 0 Å². The summed E-state index contributed by atoms with van der Waals surface area (Å²) in [6.45, 7) is 0. The van der Waals surface area contributed by atoms with Gasteiger partial charge in [0.15, 0.2) is 5.82 Å². The van der Waals surface area contributed by atoms with Gasteiger partial charge in [0, 0.05) is 25.3 Å². The maximum atomic E-state index is 10.4. The normalized spacial score (nSPS) is 10.9. The predicted molar refractivity (Wildman–Crippen MR) is 87.3 cm³/mol. The van der Waals surface area contributed by atoms with Crippen molar-refractivity contribution in [3.63, 3.8) is 0 Å². The zero-order valence-corrected chi connectivity index (χ0v) is 12.7. The van der Waals surface area contributed by atoms with Crippen molar-refractivity contribution < 1.29 is 10.0 Å². The lowest BCUT2D eigenvalue weighted by Gasteiger charge is -2.12.